The van der Waals surface area contributed by atoms with Crippen molar-refractivity contribution in [1.29, 1.82) is 0 Å². The Labute approximate surface area is 56.9 Å². The van der Waals surface area contributed by atoms with Crippen LogP contribution in [-0.4, -0.2) is 0 Å². The topological polar surface area (TPSA) is 0 Å². The van der Waals surface area contributed by atoms with E-state index in [1.807, 2.05) is 37.3 Å². The summed E-state index contributed by atoms with van der Waals surface area (Å²) in [6.07, 6.45) is 14.0. The van der Waals surface area contributed by atoms with Crippen LogP contribution in [0.1, 0.15) is 6.92 Å². The summed E-state index contributed by atoms with van der Waals surface area (Å²) in [5.74, 6) is 0. The van der Waals surface area contributed by atoms with Crippen LogP contribution in [0.4, 0.5) is 0 Å². The van der Waals surface area contributed by atoms with Gasteiger partial charge in [0.25, 0.3) is 0 Å². The summed E-state index contributed by atoms with van der Waals surface area (Å²) >= 11 is 0. The van der Waals surface area contributed by atoms with E-state index in [4.69, 9.17) is 0 Å². The molecule has 0 saturated carbocycles. The van der Waals surface area contributed by atoms with Gasteiger partial charge in [-0.1, -0.05) is 25.7 Å². The van der Waals surface area contributed by atoms with Crippen LogP contribution in [0.25, 0.3) is 0 Å². The Morgan fingerprint density at radius 3 is 2.56 bits per heavy atom. The molecule has 0 heterocycles. The predicted octanol–water partition coefficient (Wildman–Crippen LogP) is 2.66. The molecule has 0 aromatic rings. The fourth-order valence-electron chi connectivity index (χ4n) is 0.350. The van der Waals surface area contributed by atoms with Gasteiger partial charge in [0, 0.05) is 0 Å². The Kier molecular flexibility index (Phi) is 6.16. The van der Waals surface area contributed by atoms with Crippen LogP contribution in [0.15, 0.2) is 43.0 Å². The zero-order valence-corrected chi connectivity index (χ0v) is 5.67. The summed E-state index contributed by atoms with van der Waals surface area (Å²) in [4.78, 5) is 0. The van der Waals surface area contributed by atoms with Gasteiger partial charge in [-0.15, -0.1) is 6.08 Å². The lowest BCUT2D eigenvalue weighted by molar-refractivity contribution is 1.69. The quantitative estimate of drug-likeness (QED) is 0.396. The highest BCUT2D eigenvalue weighted by atomic mass is 13.6. The highest BCUT2D eigenvalue weighted by Crippen LogP contribution is 1.78. The summed E-state index contributed by atoms with van der Waals surface area (Å²) in [6.45, 7) is 5.46. The minimum absolute atomic E-state index is 1.74. The first-order valence-corrected chi connectivity index (χ1v) is 2.90. The van der Waals surface area contributed by atoms with Gasteiger partial charge in [-0.25, -0.2) is 12.2 Å². The van der Waals surface area contributed by atoms with Crippen molar-refractivity contribution in [1.82, 2.24) is 0 Å². The first kappa shape index (κ1) is 7.96. The van der Waals surface area contributed by atoms with E-state index in [9.17, 15) is 0 Å². The lowest BCUT2D eigenvalue weighted by Gasteiger charge is -1.81. The smallest absolute Gasteiger partial charge is 0.0641 e. The first-order valence-electron chi connectivity index (χ1n) is 2.90. The Balaban J connectivity index is 3.46. The van der Waals surface area contributed by atoms with E-state index in [0.29, 0.717) is 0 Å². The molecule has 48 valence electrons. The van der Waals surface area contributed by atoms with Crippen LogP contribution in [0.3, 0.4) is 0 Å². The molecular weight excluding hydrogens is 108 g/mol. The average molecular weight is 119 g/mol. The van der Waals surface area contributed by atoms with Crippen LogP contribution < -0.4 is 0 Å². The second kappa shape index (κ2) is 6.96. The third-order valence-corrected chi connectivity index (χ3v) is 0.717. The van der Waals surface area contributed by atoms with Crippen molar-refractivity contribution in [2.24, 2.45) is 0 Å². The summed E-state index contributed by atoms with van der Waals surface area (Å²) in [7, 11) is 0. The van der Waals surface area contributed by atoms with Crippen molar-refractivity contribution in [2.45, 2.75) is 6.92 Å². The van der Waals surface area contributed by atoms with Crippen LogP contribution >= 0.6 is 0 Å². The minimum atomic E-state index is 1.74. The summed E-state index contributed by atoms with van der Waals surface area (Å²) < 4.78 is 0. The van der Waals surface area contributed by atoms with Gasteiger partial charge in [0.15, 0.2) is 0 Å². The molecule has 0 saturated heterocycles. The largest absolute Gasteiger partial charge is 0.255 e. The van der Waals surface area contributed by atoms with Crippen LogP contribution in [0.2, 0.25) is 0 Å². The average Bonchev–Trinajstić information content (AvgIpc) is 1.89. The predicted molar refractivity (Wildman–Crippen MR) is 42.0 cm³/mol. The third kappa shape index (κ3) is 6.96. The Bertz CT molecular complexity index is 136. The van der Waals surface area contributed by atoms with Gasteiger partial charge >= 0.3 is 0 Å². The summed E-state index contributed by atoms with van der Waals surface area (Å²) in [6, 6.07) is 0. The molecule has 0 atom stereocenters. The molecule has 9 heavy (non-hydrogen) atoms. The van der Waals surface area contributed by atoms with Crippen molar-refractivity contribution in [2.75, 3.05) is 0 Å². The van der Waals surface area contributed by atoms with Gasteiger partial charge in [-0.3, -0.25) is 6.08 Å². The molecule has 0 amide bonds. The van der Waals surface area contributed by atoms with E-state index >= 15 is 0 Å². The number of hydrogen-bond donors (Lipinski definition) is 0. The Morgan fingerprint density at radius 1 is 1.22 bits per heavy atom. The molecule has 0 radical (unpaired) electrons. The molecule has 0 aromatic heterocycles. The van der Waals surface area contributed by atoms with Crippen LogP contribution in [0, 0.1) is 6.08 Å². The van der Waals surface area contributed by atoms with Crippen molar-refractivity contribution >= 4 is 0 Å². The fraction of sp³-hybridized carbons (Fsp3) is 0.111. The maximum atomic E-state index is 3.53. The molecule has 0 rings (SSSR count). The first-order chi connectivity index (χ1) is 4.41. The van der Waals surface area contributed by atoms with Gasteiger partial charge in [-0.2, -0.15) is 6.08 Å². The van der Waals surface area contributed by atoms with Crippen molar-refractivity contribution < 1.29 is 0 Å². The standard InChI is InChI=1S/C9H11/c1-3-5-7-9-8-6-4-2/h3-5,7-9H,1H2,2H3/q-1/b7-5+,9-8+. The van der Waals surface area contributed by atoms with Gasteiger partial charge in [0.2, 0.25) is 0 Å². The Morgan fingerprint density at radius 2 is 2.00 bits per heavy atom. The second-order valence-corrected chi connectivity index (χ2v) is 1.44. The van der Waals surface area contributed by atoms with E-state index in [2.05, 4.69) is 12.7 Å². The molecule has 0 N–H and O–H groups in total. The second-order valence-electron chi connectivity index (χ2n) is 1.44. The van der Waals surface area contributed by atoms with E-state index < -0.39 is 0 Å². The zero-order valence-electron chi connectivity index (χ0n) is 5.67. The number of hydrogen-bond acceptors (Lipinski definition) is 0. The lowest BCUT2D eigenvalue weighted by atomic mass is 10.4. The normalized spacial score (nSPS) is 12.1. The molecule has 0 nitrogen and oxygen atoms in total. The Hall–Kier alpha value is -1.04. The van der Waals surface area contributed by atoms with Crippen molar-refractivity contribution in [3.63, 3.8) is 0 Å². The molecule has 0 bridgehead atoms. The van der Waals surface area contributed by atoms with Crippen LogP contribution in [0.5, 0.6) is 0 Å². The molecule has 0 aliphatic rings. The monoisotopic (exact) mass is 119 g/mol. The maximum Gasteiger partial charge on any atom is -0.0641 e. The number of allylic oxidation sites excluding steroid dienone is 7. The molecule has 0 unspecified atom stereocenters. The molecule has 0 aliphatic carbocycles. The lowest BCUT2D eigenvalue weighted by Crippen LogP contribution is -1.48. The van der Waals surface area contributed by atoms with E-state index in [-0.39, 0.29) is 0 Å². The summed E-state index contributed by atoms with van der Waals surface area (Å²) in [5.41, 5.74) is 0. The highest BCUT2D eigenvalue weighted by molar-refractivity contribution is 5.11. The third-order valence-electron chi connectivity index (χ3n) is 0.717. The van der Waals surface area contributed by atoms with E-state index in [0.717, 1.165) is 0 Å². The molecule has 0 spiro atoms. The molecular formula is C9H11-. The SMILES string of the molecule is C=C/C=C/C=C/[C-]=CC. The molecule has 0 aromatic carbocycles. The highest BCUT2D eigenvalue weighted by Gasteiger charge is 1.47. The minimum Gasteiger partial charge on any atom is -0.255 e. The zero-order chi connectivity index (χ0) is 6.95. The number of rotatable bonds is 3. The molecule has 0 heteroatoms. The van der Waals surface area contributed by atoms with Gasteiger partial charge in [0.1, 0.15) is 0 Å². The fourth-order valence-corrected chi connectivity index (χ4v) is 0.350. The van der Waals surface area contributed by atoms with Gasteiger partial charge in [0.05, 0.1) is 0 Å². The van der Waals surface area contributed by atoms with E-state index in [1.54, 1.807) is 6.08 Å². The van der Waals surface area contributed by atoms with Gasteiger partial charge < -0.3 is 0 Å². The van der Waals surface area contributed by atoms with Crippen LogP contribution in [-0.2, 0) is 0 Å². The molecule has 0 aliphatic heterocycles. The van der Waals surface area contributed by atoms with Gasteiger partial charge in [-0.05, 0) is 0 Å². The maximum absolute atomic E-state index is 3.53. The van der Waals surface area contributed by atoms with E-state index in [1.165, 1.54) is 0 Å². The van der Waals surface area contributed by atoms with Crippen molar-refractivity contribution in [3.8, 4) is 0 Å². The molecule has 0 fully saturated rings. The summed E-state index contributed by atoms with van der Waals surface area (Å²) in [5, 5.41) is 0. The van der Waals surface area contributed by atoms with Crippen molar-refractivity contribution in [3.05, 3.63) is 49.1 Å².